The van der Waals surface area contributed by atoms with Gasteiger partial charge in [-0.2, -0.15) is 5.26 Å². The maximum atomic E-state index is 8.45. The Bertz CT molecular complexity index is 625. The smallest absolute Gasteiger partial charge is 0.0912 e. The Morgan fingerprint density at radius 1 is 1.09 bits per heavy atom. The van der Waals surface area contributed by atoms with Crippen molar-refractivity contribution in [3.05, 3.63) is 70.9 Å². The van der Waals surface area contributed by atoms with Gasteiger partial charge in [-0.05, 0) is 51.0 Å². The van der Waals surface area contributed by atoms with E-state index in [9.17, 15) is 0 Å². The molecular formula is C22H29N. The summed E-state index contributed by atoms with van der Waals surface area (Å²) in [6.45, 7) is 11.1. The Kier molecular flexibility index (Phi) is 7.55. The molecule has 0 unspecified atom stereocenters. The number of hydrogen-bond donors (Lipinski definition) is 0. The number of allylic oxidation sites excluding steroid dienone is 12. The minimum absolute atomic E-state index is 0.293. The molecule has 0 N–H and O–H groups in total. The molecule has 0 atom stereocenters. The van der Waals surface area contributed by atoms with Crippen molar-refractivity contribution in [1.82, 2.24) is 0 Å². The summed E-state index contributed by atoms with van der Waals surface area (Å²) in [5, 5.41) is 8.45. The highest BCUT2D eigenvalue weighted by Crippen LogP contribution is 2.40. The lowest BCUT2D eigenvalue weighted by molar-refractivity contribution is 0.377. The van der Waals surface area contributed by atoms with Crippen LogP contribution in [0.5, 0.6) is 0 Å². The highest BCUT2D eigenvalue weighted by Gasteiger charge is 2.26. The topological polar surface area (TPSA) is 23.8 Å². The second-order valence-corrected chi connectivity index (χ2v) is 6.93. The highest BCUT2D eigenvalue weighted by molar-refractivity contribution is 5.37. The van der Waals surface area contributed by atoms with Gasteiger partial charge in [0.25, 0.3) is 0 Å². The second-order valence-electron chi connectivity index (χ2n) is 6.93. The third kappa shape index (κ3) is 6.70. The van der Waals surface area contributed by atoms with Crippen molar-refractivity contribution in [2.45, 2.75) is 53.9 Å². The molecule has 1 aliphatic carbocycles. The van der Waals surface area contributed by atoms with Crippen LogP contribution in [0.15, 0.2) is 70.9 Å². The van der Waals surface area contributed by atoms with Gasteiger partial charge >= 0.3 is 0 Å². The van der Waals surface area contributed by atoms with E-state index in [1.54, 1.807) is 6.08 Å². The molecule has 0 fully saturated rings. The minimum atomic E-state index is 0.293. The van der Waals surface area contributed by atoms with E-state index in [1.807, 2.05) is 25.1 Å². The zero-order chi connectivity index (χ0) is 17.3. The monoisotopic (exact) mass is 307 g/mol. The van der Waals surface area contributed by atoms with Gasteiger partial charge in [-0.15, -0.1) is 0 Å². The van der Waals surface area contributed by atoms with Crippen LogP contribution in [0.2, 0.25) is 0 Å². The molecular weight excluding hydrogens is 278 g/mol. The lowest BCUT2D eigenvalue weighted by Gasteiger charge is -2.32. The SMILES string of the molecule is CC1=C(/C=C/C(C)=C/C=C/C(C)=C/C=C/C#N)C(C)(C)CCC1. The third-order valence-electron chi connectivity index (χ3n) is 4.30. The first-order chi connectivity index (χ1) is 10.9. The van der Waals surface area contributed by atoms with Gasteiger partial charge in [0.1, 0.15) is 0 Å². The molecule has 0 saturated heterocycles. The van der Waals surface area contributed by atoms with E-state index in [-0.39, 0.29) is 0 Å². The predicted molar refractivity (Wildman–Crippen MR) is 101 cm³/mol. The summed E-state index contributed by atoms with van der Waals surface area (Å²) in [4.78, 5) is 0. The number of nitrogens with zero attached hydrogens (tertiary/aromatic N) is 1. The molecule has 23 heavy (non-hydrogen) atoms. The van der Waals surface area contributed by atoms with E-state index in [0.29, 0.717) is 5.41 Å². The molecule has 0 aliphatic heterocycles. The first-order valence-corrected chi connectivity index (χ1v) is 8.33. The maximum Gasteiger partial charge on any atom is 0.0912 e. The molecule has 1 rings (SSSR count). The molecule has 0 aromatic heterocycles. The molecule has 0 spiro atoms. The zero-order valence-corrected chi connectivity index (χ0v) is 15.2. The lowest BCUT2D eigenvalue weighted by Crippen LogP contribution is -2.19. The quantitative estimate of drug-likeness (QED) is 0.415. The molecule has 0 heterocycles. The van der Waals surface area contributed by atoms with Crippen LogP contribution in [0.3, 0.4) is 0 Å². The number of rotatable bonds is 5. The number of hydrogen-bond acceptors (Lipinski definition) is 1. The fraction of sp³-hybridized carbons (Fsp3) is 0.409. The van der Waals surface area contributed by atoms with E-state index in [4.69, 9.17) is 5.26 Å². The normalized spacial score (nSPS) is 20.0. The standard InChI is InChI=1S/C22H29N/c1-18(10-6-7-17-23)11-8-12-19(2)14-15-21-20(3)13-9-16-22(21,4)5/h6-8,10-12,14-15H,9,13,16H2,1-5H3/b7-6+,11-8+,15-14+,18-10+,19-12+. The van der Waals surface area contributed by atoms with E-state index in [0.717, 1.165) is 5.57 Å². The van der Waals surface area contributed by atoms with Crippen molar-refractivity contribution in [2.75, 3.05) is 0 Å². The third-order valence-corrected chi connectivity index (χ3v) is 4.30. The molecule has 0 aromatic rings. The van der Waals surface area contributed by atoms with Crippen LogP contribution in [-0.4, -0.2) is 0 Å². The molecule has 1 aliphatic rings. The van der Waals surface area contributed by atoms with Crippen molar-refractivity contribution < 1.29 is 0 Å². The van der Waals surface area contributed by atoms with Gasteiger partial charge in [0.2, 0.25) is 0 Å². The molecule has 0 amide bonds. The average Bonchev–Trinajstić information content (AvgIpc) is 2.46. The Labute approximate surface area is 142 Å². The summed E-state index contributed by atoms with van der Waals surface area (Å²) in [5.74, 6) is 0. The fourth-order valence-electron chi connectivity index (χ4n) is 2.93. The zero-order valence-electron chi connectivity index (χ0n) is 15.2. The Hall–Kier alpha value is -2.07. The summed E-state index contributed by atoms with van der Waals surface area (Å²) in [6.07, 6.45) is 19.7. The van der Waals surface area contributed by atoms with Gasteiger partial charge in [-0.1, -0.05) is 73.1 Å². The molecule has 0 saturated carbocycles. The number of nitriles is 1. The molecule has 1 heteroatoms. The van der Waals surface area contributed by atoms with Crippen LogP contribution in [0, 0.1) is 16.7 Å². The molecule has 122 valence electrons. The van der Waals surface area contributed by atoms with E-state index < -0.39 is 0 Å². The van der Waals surface area contributed by atoms with Gasteiger partial charge in [-0.25, -0.2) is 0 Å². The summed E-state index contributed by atoms with van der Waals surface area (Å²) in [5.41, 5.74) is 5.68. The molecule has 0 radical (unpaired) electrons. The molecule has 1 nitrogen and oxygen atoms in total. The first-order valence-electron chi connectivity index (χ1n) is 8.33. The van der Waals surface area contributed by atoms with Crippen LogP contribution in [0.25, 0.3) is 0 Å². The van der Waals surface area contributed by atoms with Crippen molar-refractivity contribution in [1.29, 1.82) is 5.26 Å². The van der Waals surface area contributed by atoms with E-state index in [1.165, 1.54) is 42.1 Å². The van der Waals surface area contributed by atoms with Gasteiger partial charge in [-0.3, -0.25) is 0 Å². The first kappa shape index (κ1) is 19.0. The highest BCUT2D eigenvalue weighted by atomic mass is 14.3. The van der Waals surface area contributed by atoms with E-state index in [2.05, 4.69) is 52.0 Å². The largest absolute Gasteiger partial charge is 0.193 e. The molecule has 0 aromatic carbocycles. The van der Waals surface area contributed by atoms with Gasteiger partial charge in [0.15, 0.2) is 0 Å². The van der Waals surface area contributed by atoms with Crippen LogP contribution < -0.4 is 0 Å². The van der Waals surface area contributed by atoms with Crippen LogP contribution in [0.4, 0.5) is 0 Å². The van der Waals surface area contributed by atoms with Gasteiger partial charge < -0.3 is 0 Å². The van der Waals surface area contributed by atoms with Crippen molar-refractivity contribution in [3.8, 4) is 6.07 Å². The molecule has 0 bridgehead atoms. The van der Waals surface area contributed by atoms with Crippen LogP contribution >= 0.6 is 0 Å². The summed E-state index contributed by atoms with van der Waals surface area (Å²) in [6, 6.07) is 1.98. The average molecular weight is 307 g/mol. The Morgan fingerprint density at radius 3 is 2.39 bits per heavy atom. The van der Waals surface area contributed by atoms with Gasteiger partial charge in [0.05, 0.1) is 6.07 Å². The Balaban J connectivity index is 2.75. The van der Waals surface area contributed by atoms with Crippen LogP contribution in [-0.2, 0) is 0 Å². The van der Waals surface area contributed by atoms with Crippen LogP contribution in [0.1, 0.15) is 53.9 Å². The predicted octanol–water partition coefficient (Wildman–Crippen LogP) is 6.60. The van der Waals surface area contributed by atoms with Gasteiger partial charge in [0, 0.05) is 6.08 Å². The fourth-order valence-corrected chi connectivity index (χ4v) is 2.93. The van der Waals surface area contributed by atoms with E-state index >= 15 is 0 Å². The van der Waals surface area contributed by atoms with Crippen molar-refractivity contribution >= 4 is 0 Å². The lowest BCUT2D eigenvalue weighted by atomic mass is 9.72. The summed E-state index contributed by atoms with van der Waals surface area (Å²) < 4.78 is 0. The van der Waals surface area contributed by atoms with Crippen molar-refractivity contribution in [3.63, 3.8) is 0 Å². The summed E-state index contributed by atoms with van der Waals surface area (Å²) >= 11 is 0. The minimum Gasteiger partial charge on any atom is -0.193 e. The Morgan fingerprint density at radius 2 is 1.74 bits per heavy atom. The summed E-state index contributed by atoms with van der Waals surface area (Å²) in [7, 11) is 0. The maximum absolute atomic E-state index is 8.45. The van der Waals surface area contributed by atoms with Crippen molar-refractivity contribution in [2.24, 2.45) is 5.41 Å². The second kappa shape index (κ2) is 9.16.